The molecule has 2 aliphatic heterocycles. The maximum Gasteiger partial charge on any atom is 0.355 e. The Morgan fingerprint density at radius 2 is 1.26 bits per heavy atom. The summed E-state index contributed by atoms with van der Waals surface area (Å²) in [6.45, 7) is 8.26. The Hall–Kier alpha value is -4.33. The van der Waals surface area contributed by atoms with Crippen LogP contribution in [-0.4, -0.2) is 140 Å². The number of hydrogen-bond donors (Lipinski definition) is 0. The lowest BCUT2D eigenvalue weighted by Crippen LogP contribution is -2.47. The van der Waals surface area contributed by atoms with Gasteiger partial charge in [0, 0.05) is 23.6 Å². The SMILES string of the molecule is CC[C@@]1(OC(=O)CCC(=O)OCCOCCOCCOCCOCCOCCOCCOCCOC)C(=O)OCc2c1cc1n(c2=O)Cc2cc3ccccc3nc2-1. The summed E-state index contributed by atoms with van der Waals surface area (Å²) in [5, 5.41) is 0.948. The van der Waals surface area contributed by atoms with E-state index in [0.29, 0.717) is 110 Å². The first-order chi connectivity index (χ1) is 28.4. The van der Waals surface area contributed by atoms with Crippen LogP contribution in [0.2, 0.25) is 0 Å². The normalized spacial score (nSPS) is 15.5. The van der Waals surface area contributed by atoms with Crippen LogP contribution < -0.4 is 5.56 Å². The number of pyridine rings is 2. The average Bonchev–Trinajstić information content (AvgIpc) is 3.59. The van der Waals surface area contributed by atoms with Gasteiger partial charge in [-0.3, -0.25) is 14.4 Å². The highest BCUT2D eigenvalue weighted by molar-refractivity contribution is 5.89. The Morgan fingerprint density at radius 3 is 1.83 bits per heavy atom. The predicted octanol–water partition coefficient (Wildman–Crippen LogP) is 2.72. The third-order valence-corrected chi connectivity index (χ3v) is 9.36. The second kappa shape index (κ2) is 23.9. The van der Waals surface area contributed by atoms with Crippen molar-refractivity contribution in [1.82, 2.24) is 9.55 Å². The molecule has 58 heavy (non-hydrogen) atoms. The van der Waals surface area contributed by atoms with Gasteiger partial charge in [-0.05, 0) is 24.6 Å². The van der Waals surface area contributed by atoms with Crippen molar-refractivity contribution in [3.63, 3.8) is 0 Å². The quantitative estimate of drug-likeness (QED) is 0.0442. The molecule has 17 nitrogen and oxygen atoms in total. The molecule has 2 aromatic heterocycles. The minimum absolute atomic E-state index is 0.0145. The molecule has 2 aliphatic rings. The van der Waals surface area contributed by atoms with E-state index in [1.54, 1.807) is 24.7 Å². The minimum atomic E-state index is -1.85. The van der Waals surface area contributed by atoms with Crippen LogP contribution in [0.15, 0.2) is 41.2 Å². The summed E-state index contributed by atoms with van der Waals surface area (Å²) < 4.78 is 60.8. The van der Waals surface area contributed by atoms with Crippen LogP contribution in [0.5, 0.6) is 0 Å². The lowest BCUT2D eigenvalue weighted by Gasteiger charge is -2.35. The van der Waals surface area contributed by atoms with Crippen molar-refractivity contribution in [2.24, 2.45) is 0 Å². The zero-order valence-corrected chi connectivity index (χ0v) is 33.3. The van der Waals surface area contributed by atoms with Crippen LogP contribution in [0.4, 0.5) is 0 Å². The van der Waals surface area contributed by atoms with E-state index in [1.807, 2.05) is 30.3 Å². The van der Waals surface area contributed by atoms with Gasteiger partial charge in [-0.15, -0.1) is 0 Å². The molecule has 0 unspecified atom stereocenters. The number of carbonyl (C=O) groups is 3. The molecule has 0 fully saturated rings. The van der Waals surface area contributed by atoms with Crippen LogP contribution in [0, 0.1) is 0 Å². The smallest absolute Gasteiger partial charge is 0.355 e. The molecule has 0 aliphatic carbocycles. The highest BCUT2D eigenvalue weighted by Gasteiger charge is 2.50. The van der Waals surface area contributed by atoms with Crippen LogP contribution in [0.25, 0.3) is 22.3 Å². The topological polar surface area (TPSA) is 188 Å². The highest BCUT2D eigenvalue weighted by atomic mass is 16.6. The zero-order valence-electron chi connectivity index (χ0n) is 33.3. The van der Waals surface area contributed by atoms with Gasteiger partial charge in [0.15, 0.2) is 0 Å². The molecular formula is C41H54N2O15. The number of cyclic esters (lactones) is 1. The van der Waals surface area contributed by atoms with E-state index in [1.165, 1.54) is 0 Å². The second-order valence-electron chi connectivity index (χ2n) is 13.2. The summed E-state index contributed by atoms with van der Waals surface area (Å²) in [5.74, 6) is -2.22. The van der Waals surface area contributed by atoms with Crippen LogP contribution in [0.1, 0.15) is 42.9 Å². The highest BCUT2D eigenvalue weighted by Crippen LogP contribution is 2.41. The van der Waals surface area contributed by atoms with Crippen LogP contribution in [0.3, 0.4) is 0 Å². The molecule has 318 valence electrons. The molecule has 0 saturated carbocycles. The van der Waals surface area contributed by atoms with Crippen molar-refractivity contribution in [2.45, 2.75) is 44.9 Å². The molecule has 5 rings (SSSR count). The average molecular weight is 815 g/mol. The number of ether oxygens (including phenoxy) is 11. The number of methoxy groups -OCH3 is 1. The summed E-state index contributed by atoms with van der Waals surface area (Å²) in [6.07, 6.45) is -0.603. The number of rotatable bonds is 29. The van der Waals surface area contributed by atoms with Gasteiger partial charge in [-0.1, -0.05) is 25.1 Å². The molecule has 17 heteroatoms. The van der Waals surface area contributed by atoms with E-state index in [0.717, 1.165) is 16.5 Å². The van der Waals surface area contributed by atoms with E-state index in [-0.39, 0.29) is 55.8 Å². The van der Waals surface area contributed by atoms with E-state index in [2.05, 4.69) is 0 Å². The number of aromatic nitrogens is 2. The van der Waals surface area contributed by atoms with E-state index in [4.69, 9.17) is 57.1 Å². The Kier molecular flexibility index (Phi) is 18.5. The maximum atomic E-state index is 13.7. The summed E-state index contributed by atoms with van der Waals surface area (Å²) >= 11 is 0. The number of para-hydroxylation sites is 1. The van der Waals surface area contributed by atoms with Crippen molar-refractivity contribution >= 4 is 28.8 Å². The van der Waals surface area contributed by atoms with Crippen molar-refractivity contribution < 1.29 is 66.5 Å². The third kappa shape index (κ3) is 12.6. The number of esters is 3. The first kappa shape index (κ1) is 44.8. The van der Waals surface area contributed by atoms with Gasteiger partial charge < -0.3 is 56.7 Å². The Morgan fingerprint density at radius 1 is 0.724 bits per heavy atom. The van der Waals surface area contributed by atoms with Gasteiger partial charge in [0.25, 0.3) is 5.56 Å². The minimum Gasteiger partial charge on any atom is -0.463 e. The lowest BCUT2D eigenvalue weighted by atomic mass is 9.85. The second-order valence-corrected chi connectivity index (χ2v) is 13.2. The van der Waals surface area contributed by atoms with Gasteiger partial charge in [0.05, 0.1) is 141 Å². The Balaban J connectivity index is 0.901. The largest absolute Gasteiger partial charge is 0.463 e. The fourth-order valence-corrected chi connectivity index (χ4v) is 6.38. The van der Waals surface area contributed by atoms with Crippen molar-refractivity contribution in [2.75, 3.05) is 113 Å². The van der Waals surface area contributed by atoms with Crippen molar-refractivity contribution in [1.29, 1.82) is 0 Å². The van der Waals surface area contributed by atoms with Crippen LogP contribution >= 0.6 is 0 Å². The molecule has 0 bridgehead atoms. The van der Waals surface area contributed by atoms with Gasteiger partial charge in [-0.25, -0.2) is 9.78 Å². The Labute approximate surface area is 337 Å². The number of carbonyl (C=O) groups excluding carboxylic acids is 3. The fraction of sp³-hybridized carbons (Fsp3) is 0.585. The lowest BCUT2D eigenvalue weighted by molar-refractivity contribution is -0.189. The summed E-state index contributed by atoms with van der Waals surface area (Å²) in [7, 11) is 1.63. The molecule has 0 radical (unpaired) electrons. The summed E-state index contributed by atoms with van der Waals surface area (Å²) in [4.78, 5) is 57.3. The summed E-state index contributed by atoms with van der Waals surface area (Å²) in [6, 6.07) is 11.4. The van der Waals surface area contributed by atoms with Crippen molar-refractivity contribution in [3.8, 4) is 11.4 Å². The first-order valence-corrected chi connectivity index (χ1v) is 19.6. The van der Waals surface area contributed by atoms with E-state index < -0.39 is 23.5 Å². The zero-order chi connectivity index (χ0) is 41.0. The van der Waals surface area contributed by atoms with Gasteiger partial charge >= 0.3 is 17.9 Å². The molecule has 1 atom stereocenters. The number of benzene rings is 1. The number of nitrogens with zero attached hydrogens (tertiary/aromatic N) is 2. The van der Waals surface area contributed by atoms with Crippen LogP contribution in [-0.2, 0) is 85.2 Å². The maximum absolute atomic E-state index is 13.7. The van der Waals surface area contributed by atoms with Gasteiger partial charge in [0.2, 0.25) is 5.60 Å². The predicted molar refractivity (Wildman–Crippen MR) is 206 cm³/mol. The fourth-order valence-electron chi connectivity index (χ4n) is 6.38. The molecule has 0 amide bonds. The monoisotopic (exact) mass is 814 g/mol. The van der Waals surface area contributed by atoms with E-state index >= 15 is 0 Å². The number of hydrogen-bond acceptors (Lipinski definition) is 16. The third-order valence-electron chi connectivity index (χ3n) is 9.36. The standard InChI is InChI=1S/C41H54N2O15/c1-3-41(33-27-35-38-31(26-30-6-4-5-7-34(30)42-38)28-43(35)39(46)32(33)29-57-40(41)47)58-37(45)9-8-36(44)56-25-24-55-23-22-54-21-20-53-19-18-52-17-16-51-15-14-50-13-12-49-11-10-48-2/h4-7,26-27H,3,8-25,28-29H2,1-2H3/t41-/m0/s1. The van der Waals surface area contributed by atoms with Gasteiger partial charge in [0.1, 0.15) is 13.2 Å². The first-order valence-electron chi connectivity index (χ1n) is 19.6. The molecule has 0 N–H and O–H groups in total. The molecule has 0 saturated heterocycles. The number of fused-ring (bicyclic) bond motifs is 5. The molecular weight excluding hydrogens is 760 g/mol. The molecule has 0 spiro atoms. The molecule has 1 aromatic carbocycles. The molecule has 4 heterocycles. The van der Waals surface area contributed by atoms with Crippen molar-refractivity contribution in [3.05, 3.63) is 63.4 Å². The molecule has 3 aromatic rings. The van der Waals surface area contributed by atoms with E-state index in [9.17, 15) is 19.2 Å². The Bertz CT molecular complexity index is 1850. The van der Waals surface area contributed by atoms with Gasteiger partial charge in [-0.2, -0.15) is 0 Å². The summed E-state index contributed by atoms with van der Waals surface area (Å²) in [5.41, 5.74) is 1.12.